The summed E-state index contributed by atoms with van der Waals surface area (Å²) in [5.74, 6) is 1.13. The van der Waals surface area contributed by atoms with Crippen LogP contribution in [0.1, 0.15) is 78.1 Å². The molecular weight excluding hydrogens is 463 g/mol. The van der Waals surface area contributed by atoms with Crippen molar-refractivity contribution in [1.82, 2.24) is 15.1 Å². The molecule has 6 heteroatoms. The second kappa shape index (κ2) is 12.6. The van der Waals surface area contributed by atoms with Gasteiger partial charge in [-0.1, -0.05) is 25.7 Å². The van der Waals surface area contributed by atoms with Gasteiger partial charge in [-0.25, -0.2) is 0 Å². The first kappa shape index (κ1) is 24.2. The lowest BCUT2D eigenvalue weighted by atomic mass is 9.79. The Balaban J connectivity index is 0.00000280. The van der Waals surface area contributed by atoms with Crippen LogP contribution in [0.15, 0.2) is 4.99 Å². The van der Waals surface area contributed by atoms with Crippen LogP contribution in [0.4, 0.5) is 0 Å². The van der Waals surface area contributed by atoms with Gasteiger partial charge < -0.3 is 15.0 Å². The highest BCUT2D eigenvalue weighted by atomic mass is 127. The van der Waals surface area contributed by atoms with Crippen LogP contribution < -0.4 is 5.32 Å². The van der Waals surface area contributed by atoms with Crippen LogP contribution in [-0.4, -0.2) is 73.3 Å². The number of nitrogens with zero attached hydrogens (tertiary/aromatic N) is 3. The van der Waals surface area contributed by atoms with Crippen molar-refractivity contribution in [1.29, 1.82) is 0 Å². The van der Waals surface area contributed by atoms with Crippen molar-refractivity contribution in [3.8, 4) is 0 Å². The van der Waals surface area contributed by atoms with Gasteiger partial charge in [-0.2, -0.15) is 0 Å². The minimum absolute atomic E-state index is 0. The van der Waals surface area contributed by atoms with Gasteiger partial charge in [-0.15, -0.1) is 24.0 Å². The van der Waals surface area contributed by atoms with E-state index in [9.17, 15) is 0 Å². The molecule has 1 N–H and O–H groups in total. The first-order chi connectivity index (χ1) is 13.3. The Morgan fingerprint density at radius 3 is 2.21 bits per heavy atom. The number of hydrogen-bond acceptors (Lipinski definition) is 3. The number of guanidine groups is 1. The van der Waals surface area contributed by atoms with Crippen LogP contribution in [0.3, 0.4) is 0 Å². The average molecular weight is 507 g/mol. The molecule has 0 aromatic heterocycles. The Morgan fingerprint density at radius 1 is 0.964 bits per heavy atom. The third-order valence-corrected chi connectivity index (χ3v) is 6.81. The highest BCUT2D eigenvalue weighted by Crippen LogP contribution is 2.36. The maximum absolute atomic E-state index is 5.83. The minimum atomic E-state index is 0. The molecule has 3 rings (SSSR count). The van der Waals surface area contributed by atoms with Crippen LogP contribution in [0.2, 0.25) is 0 Å². The summed E-state index contributed by atoms with van der Waals surface area (Å²) in [4.78, 5) is 10.5. The molecule has 0 bridgehead atoms. The summed E-state index contributed by atoms with van der Waals surface area (Å²) in [5, 5.41) is 3.58. The standard InChI is InChI=1S/C22H42N4O.HI/c1-3-23-21(25-17-11-20(12-18-25)27-4-2)24-19-22(13-7-5-8-14-22)26-15-9-6-10-16-26;/h20H,3-19H2,1-2H3,(H,23,24);1H. The quantitative estimate of drug-likeness (QED) is 0.332. The van der Waals surface area contributed by atoms with Gasteiger partial charge in [0.2, 0.25) is 0 Å². The Bertz CT molecular complexity index is 453. The summed E-state index contributed by atoms with van der Waals surface area (Å²) >= 11 is 0. The summed E-state index contributed by atoms with van der Waals surface area (Å²) in [5.41, 5.74) is 0.322. The van der Waals surface area contributed by atoms with E-state index in [-0.39, 0.29) is 24.0 Å². The first-order valence-corrected chi connectivity index (χ1v) is 11.7. The van der Waals surface area contributed by atoms with E-state index in [0.29, 0.717) is 11.6 Å². The molecule has 0 spiro atoms. The second-order valence-electron chi connectivity index (χ2n) is 8.64. The average Bonchev–Trinajstić information content (AvgIpc) is 2.73. The number of likely N-dealkylation sites (tertiary alicyclic amines) is 2. The van der Waals surface area contributed by atoms with E-state index in [2.05, 4.69) is 29.0 Å². The van der Waals surface area contributed by atoms with Crippen molar-refractivity contribution in [2.24, 2.45) is 4.99 Å². The maximum Gasteiger partial charge on any atom is 0.193 e. The smallest absolute Gasteiger partial charge is 0.193 e. The molecule has 0 radical (unpaired) electrons. The monoisotopic (exact) mass is 506 g/mol. The molecule has 2 saturated heterocycles. The molecule has 0 atom stereocenters. The van der Waals surface area contributed by atoms with E-state index in [1.165, 1.54) is 64.5 Å². The Labute approximate surface area is 190 Å². The largest absolute Gasteiger partial charge is 0.378 e. The lowest BCUT2D eigenvalue weighted by Gasteiger charge is -2.47. The van der Waals surface area contributed by atoms with E-state index >= 15 is 0 Å². The summed E-state index contributed by atoms with van der Waals surface area (Å²) < 4.78 is 5.83. The molecule has 5 nitrogen and oxygen atoms in total. The molecular formula is C22H43IN4O. The number of halogens is 1. The van der Waals surface area contributed by atoms with Crippen LogP contribution in [0, 0.1) is 0 Å². The zero-order valence-corrected chi connectivity index (χ0v) is 20.6. The normalized spacial score (nSPS) is 24.6. The number of hydrogen-bond donors (Lipinski definition) is 1. The number of ether oxygens (including phenoxy) is 1. The van der Waals surface area contributed by atoms with Crippen LogP contribution in [0.25, 0.3) is 0 Å². The fourth-order valence-corrected chi connectivity index (χ4v) is 5.27. The number of aliphatic imine (C=N–C) groups is 1. The van der Waals surface area contributed by atoms with Crippen LogP contribution in [-0.2, 0) is 4.74 Å². The van der Waals surface area contributed by atoms with Crippen LogP contribution in [0.5, 0.6) is 0 Å². The van der Waals surface area contributed by atoms with Crippen molar-refractivity contribution in [2.45, 2.75) is 89.7 Å². The van der Waals surface area contributed by atoms with Crippen molar-refractivity contribution in [3.63, 3.8) is 0 Å². The molecule has 2 heterocycles. The second-order valence-corrected chi connectivity index (χ2v) is 8.64. The molecule has 3 fully saturated rings. The highest BCUT2D eigenvalue weighted by Gasteiger charge is 2.38. The van der Waals surface area contributed by atoms with Gasteiger partial charge >= 0.3 is 0 Å². The Morgan fingerprint density at radius 2 is 1.61 bits per heavy atom. The van der Waals surface area contributed by atoms with Gasteiger partial charge in [-0.05, 0) is 65.5 Å². The molecule has 28 heavy (non-hydrogen) atoms. The third kappa shape index (κ3) is 6.46. The molecule has 3 aliphatic rings. The van der Waals surface area contributed by atoms with E-state index < -0.39 is 0 Å². The zero-order valence-electron chi connectivity index (χ0n) is 18.3. The van der Waals surface area contributed by atoms with Crippen LogP contribution >= 0.6 is 24.0 Å². The number of rotatable bonds is 6. The molecule has 2 aliphatic heterocycles. The SMILES string of the molecule is CCNC(=NCC1(N2CCCCC2)CCCCC1)N1CCC(OCC)CC1.I. The van der Waals surface area contributed by atoms with E-state index in [0.717, 1.165) is 51.6 Å². The lowest BCUT2D eigenvalue weighted by Crippen LogP contribution is -2.55. The zero-order chi connectivity index (χ0) is 19.0. The predicted molar refractivity (Wildman–Crippen MR) is 129 cm³/mol. The molecule has 164 valence electrons. The van der Waals surface area contributed by atoms with E-state index in [1.807, 2.05) is 0 Å². The fraction of sp³-hybridized carbons (Fsp3) is 0.955. The van der Waals surface area contributed by atoms with Gasteiger partial charge in [0.25, 0.3) is 0 Å². The molecule has 0 unspecified atom stereocenters. The maximum atomic E-state index is 5.83. The van der Waals surface area contributed by atoms with Crippen molar-refractivity contribution in [3.05, 3.63) is 0 Å². The number of nitrogens with one attached hydrogen (secondary N) is 1. The van der Waals surface area contributed by atoms with Crippen molar-refractivity contribution >= 4 is 29.9 Å². The van der Waals surface area contributed by atoms with E-state index in [1.54, 1.807) is 0 Å². The van der Waals surface area contributed by atoms with Gasteiger partial charge in [0.15, 0.2) is 5.96 Å². The van der Waals surface area contributed by atoms with Gasteiger partial charge in [0.05, 0.1) is 12.6 Å². The summed E-state index contributed by atoms with van der Waals surface area (Å²) in [6.07, 6.45) is 13.7. The summed E-state index contributed by atoms with van der Waals surface area (Å²) in [7, 11) is 0. The number of piperidine rings is 2. The first-order valence-electron chi connectivity index (χ1n) is 11.7. The lowest BCUT2D eigenvalue weighted by molar-refractivity contribution is 0.0257. The Hall–Kier alpha value is -0.0800. The molecule has 0 amide bonds. The third-order valence-electron chi connectivity index (χ3n) is 6.81. The summed E-state index contributed by atoms with van der Waals surface area (Å²) in [6.45, 7) is 11.7. The van der Waals surface area contributed by atoms with Crippen molar-refractivity contribution in [2.75, 3.05) is 45.9 Å². The van der Waals surface area contributed by atoms with E-state index in [4.69, 9.17) is 9.73 Å². The molecule has 0 aromatic carbocycles. The minimum Gasteiger partial charge on any atom is -0.378 e. The summed E-state index contributed by atoms with van der Waals surface area (Å²) in [6, 6.07) is 0. The predicted octanol–water partition coefficient (Wildman–Crippen LogP) is 4.26. The molecule has 1 saturated carbocycles. The van der Waals surface area contributed by atoms with Gasteiger partial charge in [-0.3, -0.25) is 9.89 Å². The molecule has 1 aliphatic carbocycles. The van der Waals surface area contributed by atoms with Gasteiger partial charge in [0.1, 0.15) is 0 Å². The highest BCUT2D eigenvalue weighted by molar-refractivity contribution is 14.0. The van der Waals surface area contributed by atoms with Crippen molar-refractivity contribution < 1.29 is 4.74 Å². The topological polar surface area (TPSA) is 40.1 Å². The Kier molecular flexibility index (Phi) is 10.9. The van der Waals surface area contributed by atoms with Gasteiger partial charge in [0, 0.05) is 31.8 Å². The molecule has 0 aromatic rings. The fourth-order valence-electron chi connectivity index (χ4n) is 5.27.